The second-order valence-electron chi connectivity index (χ2n) is 5.37. The number of allylic oxidation sites excluding steroid dienone is 4. The Kier molecular flexibility index (Phi) is 4.20. The van der Waals surface area contributed by atoms with Crippen molar-refractivity contribution in [3.8, 4) is 0 Å². The number of aliphatic hydroxyl groups is 1. The van der Waals surface area contributed by atoms with Gasteiger partial charge >= 0.3 is 10.1 Å². The van der Waals surface area contributed by atoms with Crippen LogP contribution in [0.3, 0.4) is 0 Å². The minimum Gasteiger partial charge on any atom is -0.388 e. The summed E-state index contributed by atoms with van der Waals surface area (Å²) in [7, 11) is -4.94. The van der Waals surface area contributed by atoms with E-state index in [0.717, 1.165) is 12.2 Å². The Morgan fingerprint density at radius 3 is 2.72 bits per heavy atom. The number of hydrogen-bond acceptors (Lipinski definition) is 11. The first kappa shape index (κ1) is 17.6. The largest absolute Gasteiger partial charge is 0.388 e. The number of nitrogens with zero attached hydrogens (tertiary/aromatic N) is 1. The monoisotopic (exact) mass is 377 g/mol. The van der Waals surface area contributed by atoms with E-state index in [2.05, 4.69) is 4.84 Å². The summed E-state index contributed by atoms with van der Waals surface area (Å²) in [4.78, 5) is 37.2. The lowest BCUT2D eigenvalue weighted by Crippen LogP contribution is -2.51. The van der Waals surface area contributed by atoms with Crippen LogP contribution in [0.15, 0.2) is 23.1 Å². The van der Waals surface area contributed by atoms with Crippen molar-refractivity contribution < 1.29 is 46.7 Å². The first-order valence-electron chi connectivity index (χ1n) is 6.83. The molecule has 1 N–H and O–H groups in total. The van der Waals surface area contributed by atoms with E-state index < -0.39 is 62.4 Å². The van der Waals surface area contributed by atoms with Gasteiger partial charge in [-0.1, -0.05) is 0 Å². The van der Waals surface area contributed by atoms with Crippen molar-refractivity contribution in [2.24, 2.45) is 0 Å². The maximum absolute atomic E-state index is 12.4. The average Bonchev–Trinajstić information content (AvgIpc) is 3.03. The second-order valence-corrected chi connectivity index (χ2v) is 6.88. The molecule has 13 heteroatoms. The molecule has 0 amide bonds. The Hall–Kier alpha value is -2.19. The molecule has 136 valence electrons. The molecule has 2 heterocycles. The normalized spacial score (nSPS) is 34.8. The zero-order chi connectivity index (χ0) is 18.4. The highest BCUT2D eigenvalue weighted by atomic mass is 32.2. The minimum absolute atomic E-state index is 0.287. The third kappa shape index (κ3) is 3.07. The first-order chi connectivity index (χ1) is 11.6. The van der Waals surface area contributed by atoms with Gasteiger partial charge in [0.2, 0.25) is 0 Å². The summed E-state index contributed by atoms with van der Waals surface area (Å²) in [5.41, 5.74) is 0. The van der Waals surface area contributed by atoms with Crippen LogP contribution >= 0.6 is 0 Å². The fraction of sp³-hybridized carbons (Fsp3) is 0.500. The first-order valence-corrected chi connectivity index (χ1v) is 8.24. The molecule has 1 aliphatic carbocycles. The van der Waals surface area contributed by atoms with Crippen LogP contribution < -0.4 is 0 Å². The predicted molar refractivity (Wildman–Crippen MR) is 73.5 cm³/mol. The van der Waals surface area contributed by atoms with Gasteiger partial charge in [-0.05, 0) is 12.2 Å². The van der Waals surface area contributed by atoms with Crippen LogP contribution in [-0.2, 0) is 38.2 Å². The van der Waals surface area contributed by atoms with E-state index in [1.807, 2.05) is 0 Å². The van der Waals surface area contributed by atoms with Gasteiger partial charge in [0.05, 0.1) is 6.61 Å². The fourth-order valence-corrected chi connectivity index (χ4v) is 3.88. The summed E-state index contributed by atoms with van der Waals surface area (Å²) in [5.74, 6) is -4.38. The van der Waals surface area contributed by atoms with E-state index in [-0.39, 0.29) is 6.61 Å². The Labute approximate surface area is 139 Å². The van der Waals surface area contributed by atoms with Crippen LogP contribution in [0, 0.1) is 10.1 Å². The number of rotatable bonds is 5. The molecule has 4 atom stereocenters. The van der Waals surface area contributed by atoms with E-state index in [1.54, 1.807) is 0 Å². The SMILES string of the molecule is O=C1C=CC(=O)C(S(=O)(=O)O[C@@]2(O[N+](=O)[O-])CO[C@@H]3[C@H](O)CO[C@@H]32)=C1. The van der Waals surface area contributed by atoms with Crippen molar-refractivity contribution in [3.63, 3.8) is 0 Å². The quantitative estimate of drug-likeness (QED) is 0.185. The van der Waals surface area contributed by atoms with Gasteiger partial charge in [0.15, 0.2) is 11.6 Å². The number of carbonyl (C=O) groups excluding carboxylic acids is 2. The molecule has 0 unspecified atom stereocenters. The molecule has 2 fully saturated rings. The molecular formula is C12H11NO11S. The van der Waals surface area contributed by atoms with Crippen LogP contribution in [-0.4, -0.2) is 67.5 Å². The summed E-state index contributed by atoms with van der Waals surface area (Å²) < 4.78 is 39.8. The van der Waals surface area contributed by atoms with Crippen molar-refractivity contribution >= 4 is 21.7 Å². The molecule has 2 saturated heterocycles. The highest BCUT2D eigenvalue weighted by Gasteiger charge is 2.63. The van der Waals surface area contributed by atoms with Crippen molar-refractivity contribution in [2.45, 2.75) is 24.1 Å². The summed E-state index contributed by atoms with van der Waals surface area (Å²) in [6.07, 6.45) is -1.62. The van der Waals surface area contributed by atoms with Gasteiger partial charge in [-0.2, -0.15) is 8.42 Å². The number of ether oxygens (including phenoxy) is 2. The Morgan fingerprint density at radius 2 is 2.04 bits per heavy atom. The molecular weight excluding hydrogens is 366 g/mol. The molecule has 0 aromatic rings. The van der Waals surface area contributed by atoms with Crippen LogP contribution in [0.1, 0.15) is 0 Å². The molecule has 0 saturated carbocycles. The zero-order valence-corrected chi connectivity index (χ0v) is 13.1. The summed E-state index contributed by atoms with van der Waals surface area (Å²) in [6.45, 7) is -1.05. The summed E-state index contributed by atoms with van der Waals surface area (Å²) >= 11 is 0. The van der Waals surface area contributed by atoms with Gasteiger partial charge in [0, 0.05) is 6.08 Å². The molecule has 25 heavy (non-hydrogen) atoms. The van der Waals surface area contributed by atoms with E-state index in [9.17, 15) is 33.2 Å². The molecule has 2 aliphatic heterocycles. The number of ketones is 2. The molecule has 0 bridgehead atoms. The molecule has 0 aromatic carbocycles. The van der Waals surface area contributed by atoms with Gasteiger partial charge in [-0.15, -0.1) is 10.1 Å². The van der Waals surface area contributed by atoms with Crippen molar-refractivity contribution in [1.82, 2.24) is 0 Å². The Balaban J connectivity index is 1.95. The van der Waals surface area contributed by atoms with Crippen molar-refractivity contribution in [2.75, 3.05) is 13.2 Å². The lowest BCUT2D eigenvalue weighted by molar-refractivity contribution is -0.794. The van der Waals surface area contributed by atoms with Gasteiger partial charge in [0.1, 0.15) is 29.8 Å². The van der Waals surface area contributed by atoms with Gasteiger partial charge in [0.25, 0.3) is 10.9 Å². The van der Waals surface area contributed by atoms with E-state index in [4.69, 9.17) is 13.7 Å². The van der Waals surface area contributed by atoms with E-state index >= 15 is 0 Å². The topological polar surface area (TPSA) is 169 Å². The summed E-state index contributed by atoms with van der Waals surface area (Å²) in [6, 6.07) is 0. The van der Waals surface area contributed by atoms with E-state index in [0.29, 0.717) is 6.08 Å². The molecule has 3 aliphatic rings. The third-order valence-corrected chi connectivity index (χ3v) is 5.06. The lowest BCUT2D eigenvalue weighted by atomic mass is 10.1. The molecule has 0 radical (unpaired) electrons. The molecule has 0 spiro atoms. The second kappa shape index (κ2) is 5.96. The maximum atomic E-state index is 12.4. The highest BCUT2D eigenvalue weighted by Crippen LogP contribution is 2.39. The van der Waals surface area contributed by atoms with Gasteiger partial charge in [-0.25, -0.2) is 4.18 Å². The Morgan fingerprint density at radius 1 is 1.32 bits per heavy atom. The molecule has 3 rings (SSSR count). The van der Waals surface area contributed by atoms with Crippen LogP contribution in [0.25, 0.3) is 0 Å². The van der Waals surface area contributed by atoms with Gasteiger partial charge in [-0.3, -0.25) is 14.4 Å². The minimum atomic E-state index is -4.94. The van der Waals surface area contributed by atoms with Crippen molar-refractivity contribution in [3.05, 3.63) is 33.2 Å². The fourth-order valence-electron chi connectivity index (χ4n) is 2.67. The Bertz CT molecular complexity index is 800. The zero-order valence-electron chi connectivity index (χ0n) is 12.3. The number of fused-ring (bicyclic) bond motifs is 1. The standard InChI is InChI=1S/C12H11NO11S/c14-6-1-2-7(15)9(3-6)25(19,20)24-12(23-13(17)18)5-22-10-8(16)4-21-11(10)12/h1-3,8,10-11,16H,4-5H2/t8-,10-,11+,12+/m1/s1. The molecule has 0 aromatic heterocycles. The average molecular weight is 377 g/mol. The lowest BCUT2D eigenvalue weighted by Gasteiger charge is -2.29. The predicted octanol–water partition coefficient (Wildman–Crippen LogP) is -2.01. The number of carbonyl (C=O) groups is 2. The van der Waals surface area contributed by atoms with Crippen molar-refractivity contribution in [1.29, 1.82) is 0 Å². The molecule has 12 nitrogen and oxygen atoms in total. The van der Waals surface area contributed by atoms with Gasteiger partial charge < -0.3 is 14.6 Å². The third-order valence-electron chi connectivity index (χ3n) is 3.70. The number of aliphatic hydroxyl groups excluding tert-OH is 1. The number of hydrogen-bond donors (Lipinski definition) is 1. The van der Waals surface area contributed by atoms with Crippen LogP contribution in [0.2, 0.25) is 0 Å². The van der Waals surface area contributed by atoms with Crippen LogP contribution in [0.5, 0.6) is 0 Å². The highest BCUT2D eigenvalue weighted by molar-refractivity contribution is 7.91. The van der Waals surface area contributed by atoms with Crippen LogP contribution in [0.4, 0.5) is 0 Å². The summed E-state index contributed by atoms with van der Waals surface area (Å²) in [5, 5.41) is 19.2. The van der Waals surface area contributed by atoms with E-state index in [1.165, 1.54) is 0 Å². The maximum Gasteiger partial charge on any atom is 0.303 e. The smallest absolute Gasteiger partial charge is 0.303 e.